The molecule has 0 aromatic heterocycles. The second-order valence-corrected chi connectivity index (χ2v) is 7.98. The molecular weight excluding hydrogens is 308 g/mol. The number of rotatable bonds is 5. The van der Waals surface area contributed by atoms with Crippen molar-refractivity contribution in [3.63, 3.8) is 0 Å². The fourth-order valence-corrected chi connectivity index (χ4v) is 5.43. The van der Waals surface area contributed by atoms with Crippen LogP contribution in [0.2, 0.25) is 0 Å². The Hall–Kier alpha value is 0.0600. The van der Waals surface area contributed by atoms with E-state index in [0.29, 0.717) is 12.8 Å². The average molecular weight is 325 g/mol. The first-order valence-electron chi connectivity index (χ1n) is 6.42. The van der Waals surface area contributed by atoms with Crippen molar-refractivity contribution in [3.8, 4) is 0 Å². The van der Waals surface area contributed by atoms with E-state index < -0.39 is 15.4 Å². The Labute approximate surface area is 122 Å². The number of nitrogens with two attached hydrogens (primary N) is 1. The van der Waals surface area contributed by atoms with Crippen molar-refractivity contribution < 1.29 is 27.6 Å². The molecule has 0 aromatic carbocycles. The third-order valence-corrected chi connectivity index (χ3v) is 6.49. The van der Waals surface area contributed by atoms with Crippen molar-refractivity contribution in [2.45, 2.75) is 48.6 Å². The Morgan fingerprint density at radius 1 is 1.25 bits per heavy atom. The van der Waals surface area contributed by atoms with Gasteiger partial charge in [0.05, 0.1) is 15.4 Å². The smallest absolute Gasteiger partial charge is 0.0975 e. The summed E-state index contributed by atoms with van der Waals surface area (Å²) in [4.78, 5) is 0. The summed E-state index contributed by atoms with van der Waals surface area (Å²) in [6.45, 7) is 0. The summed E-state index contributed by atoms with van der Waals surface area (Å²) >= 11 is 0.812. The van der Waals surface area contributed by atoms with Gasteiger partial charge in [-0.25, -0.2) is 8.42 Å². The molecule has 8 nitrogen and oxygen atoms in total. The molecule has 10 heteroatoms. The summed E-state index contributed by atoms with van der Waals surface area (Å²) in [6, 6.07) is 0.00619. The van der Waals surface area contributed by atoms with Gasteiger partial charge < -0.3 is 21.1 Å². The maximum Gasteiger partial charge on any atom is 0.0975 e. The first-order chi connectivity index (χ1) is 9.45. The molecule has 0 aliphatic heterocycles. The minimum atomic E-state index is -4.36. The van der Waals surface area contributed by atoms with Gasteiger partial charge in [-0.05, 0) is 24.7 Å². The van der Waals surface area contributed by atoms with Gasteiger partial charge in [0.1, 0.15) is 0 Å². The van der Waals surface area contributed by atoms with E-state index in [1.807, 2.05) is 0 Å². The highest BCUT2D eigenvalue weighted by atomic mass is 32.2. The molecule has 118 valence electrons. The molecule has 2 rings (SSSR count). The van der Waals surface area contributed by atoms with Crippen molar-refractivity contribution in [1.82, 2.24) is 0 Å². The maximum atomic E-state index is 11.3. The summed E-state index contributed by atoms with van der Waals surface area (Å²) in [5.41, 5.74) is 3.77. The summed E-state index contributed by atoms with van der Waals surface area (Å²) in [5.74, 6) is 5.55. The normalized spacial score (nSPS) is 38.5. The van der Waals surface area contributed by atoms with Gasteiger partial charge in [0.25, 0.3) is 0 Å². The molecule has 2 aliphatic carbocycles. The van der Waals surface area contributed by atoms with E-state index in [1.54, 1.807) is 0 Å². The highest BCUT2D eigenvalue weighted by molar-refractivity contribution is 7.95. The van der Waals surface area contributed by atoms with Crippen LogP contribution in [0.1, 0.15) is 32.1 Å². The van der Waals surface area contributed by atoms with Crippen LogP contribution >= 0.6 is 12.0 Å². The summed E-state index contributed by atoms with van der Waals surface area (Å²) in [5, 5.41) is 12.1. The maximum absolute atomic E-state index is 11.3. The molecule has 0 aromatic rings. The fourth-order valence-electron chi connectivity index (χ4n) is 3.44. The van der Waals surface area contributed by atoms with Crippen LogP contribution in [0.15, 0.2) is 0 Å². The van der Waals surface area contributed by atoms with E-state index in [1.165, 1.54) is 0 Å². The van der Waals surface area contributed by atoms with Crippen LogP contribution in [-0.2, 0) is 19.5 Å². The Morgan fingerprint density at radius 3 is 2.60 bits per heavy atom. The van der Waals surface area contributed by atoms with E-state index in [2.05, 4.69) is 14.8 Å². The second-order valence-electron chi connectivity index (χ2n) is 5.40. The lowest BCUT2D eigenvalue weighted by atomic mass is 9.69. The Morgan fingerprint density at radius 2 is 2.00 bits per heavy atom. The predicted octanol–water partition coefficient (Wildman–Crippen LogP) is -0.0334. The average Bonchev–Trinajstić information content (AvgIpc) is 2.42. The van der Waals surface area contributed by atoms with E-state index in [9.17, 15) is 18.2 Å². The molecule has 0 radical (unpaired) electrons. The third-order valence-electron chi connectivity index (χ3n) is 4.36. The molecule has 2 saturated carbocycles. The van der Waals surface area contributed by atoms with E-state index in [4.69, 9.17) is 5.84 Å². The topological polar surface area (TPSA) is 139 Å². The molecule has 2 N–H and O–H groups in total. The molecule has 2 fully saturated rings. The minimum absolute atomic E-state index is 0.00619. The lowest BCUT2D eigenvalue weighted by molar-refractivity contribution is -0.777. The lowest BCUT2D eigenvalue weighted by Gasteiger charge is -2.48. The van der Waals surface area contributed by atoms with Gasteiger partial charge in [0, 0.05) is 17.3 Å². The van der Waals surface area contributed by atoms with Gasteiger partial charge in [-0.1, -0.05) is 19.3 Å². The van der Waals surface area contributed by atoms with E-state index >= 15 is 0 Å². The number of hydrogen-bond donors (Lipinski definition) is 1. The molecule has 0 bridgehead atoms. The van der Waals surface area contributed by atoms with Crippen LogP contribution in [0.25, 0.3) is 5.43 Å². The van der Waals surface area contributed by atoms with E-state index in [-0.39, 0.29) is 29.5 Å². The first kappa shape index (κ1) is 16.4. The van der Waals surface area contributed by atoms with Gasteiger partial charge in [-0.15, -0.1) is 6.04 Å². The highest BCUT2D eigenvalue weighted by Gasteiger charge is 2.42. The first-order valence-corrected chi connectivity index (χ1v) is 8.70. The molecule has 2 aliphatic rings. The van der Waals surface area contributed by atoms with Crippen LogP contribution in [-0.4, -0.2) is 29.5 Å². The number of nitrogens with zero attached hydrogens (tertiary/aromatic N) is 1. The standard InChI is InChI=1S/C10H19N2O6S2/c11-12-7-1-2-9-6(3-7)4-8(20(14,15)16)5-10(9)19-18-17-13/h6-10,13H,1-5,11H2,(H,14,15,16)/q-1/p-2. The zero-order valence-electron chi connectivity index (χ0n) is 10.7. The molecule has 0 saturated heterocycles. The van der Waals surface area contributed by atoms with Gasteiger partial charge in [0.15, 0.2) is 0 Å². The van der Waals surface area contributed by atoms with Crippen LogP contribution in [0.4, 0.5) is 0 Å². The molecule has 0 heterocycles. The molecule has 0 spiro atoms. The van der Waals surface area contributed by atoms with Crippen molar-refractivity contribution in [1.29, 1.82) is 0 Å². The number of fused-ring (bicyclic) bond motifs is 1. The minimum Gasteiger partial charge on any atom is -0.748 e. The van der Waals surface area contributed by atoms with E-state index in [0.717, 1.165) is 24.9 Å². The molecule has 0 amide bonds. The van der Waals surface area contributed by atoms with Gasteiger partial charge in [0.2, 0.25) is 0 Å². The zero-order valence-corrected chi connectivity index (χ0v) is 12.3. The Kier molecular flexibility index (Phi) is 5.65. The summed E-state index contributed by atoms with van der Waals surface area (Å²) in [6.07, 6.45) is 2.83. The Bertz CT molecular complexity index is 412. The zero-order chi connectivity index (χ0) is 14.8. The second kappa shape index (κ2) is 6.88. The Balaban J connectivity index is 2.11. The van der Waals surface area contributed by atoms with Crippen molar-refractivity contribution in [3.05, 3.63) is 5.43 Å². The lowest BCUT2D eigenvalue weighted by Crippen LogP contribution is -2.44. The van der Waals surface area contributed by atoms with Crippen molar-refractivity contribution >= 4 is 22.2 Å². The highest BCUT2D eigenvalue weighted by Crippen LogP contribution is 2.47. The quantitative estimate of drug-likeness (QED) is 0.244. The SMILES string of the molecule is N[N-]C1CCC2C(C1)CC(S(=O)(=O)[O-])CC2SOO[O-]. The fraction of sp³-hybridized carbons (Fsp3) is 1.00. The van der Waals surface area contributed by atoms with Gasteiger partial charge >= 0.3 is 0 Å². The largest absolute Gasteiger partial charge is 0.748 e. The van der Waals surface area contributed by atoms with Gasteiger partial charge in [-0.3, -0.25) is 5.04 Å². The molecule has 5 atom stereocenters. The molecule has 20 heavy (non-hydrogen) atoms. The van der Waals surface area contributed by atoms with Crippen molar-refractivity contribution in [2.75, 3.05) is 0 Å². The van der Waals surface area contributed by atoms with Crippen LogP contribution in [0.5, 0.6) is 0 Å². The van der Waals surface area contributed by atoms with Gasteiger partial charge in [-0.2, -0.15) is 4.33 Å². The summed E-state index contributed by atoms with van der Waals surface area (Å²) < 4.78 is 38.2. The van der Waals surface area contributed by atoms with Crippen LogP contribution < -0.4 is 11.1 Å². The van der Waals surface area contributed by atoms with Crippen molar-refractivity contribution in [2.24, 2.45) is 17.7 Å². The molecule has 5 unspecified atom stereocenters. The molecular formula is C10H17N2O6S2-3. The number of hydrogen-bond acceptors (Lipinski definition) is 8. The monoisotopic (exact) mass is 325 g/mol. The van der Waals surface area contributed by atoms with Crippen LogP contribution in [0, 0.1) is 11.8 Å². The summed E-state index contributed by atoms with van der Waals surface area (Å²) in [7, 11) is -4.36. The van der Waals surface area contributed by atoms with Crippen LogP contribution in [0.3, 0.4) is 0 Å². The predicted molar refractivity (Wildman–Crippen MR) is 68.4 cm³/mol. The third kappa shape index (κ3) is 3.83.